The number of aryl methyl sites for hydroxylation is 1. The molecule has 0 saturated heterocycles. The van der Waals surface area contributed by atoms with Crippen LogP contribution in [0.2, 0.25) is 0 Å². The van der Waals surface area contributed by atoms with Crippen molar-refractivity contribution in [3.8, 4) is 0 Å². The van der Waals surface area contributed by atoms with Gasteiger partial charge in [0, 0.05) is 25.6 Å². The van der Waals surface area contributed by atoms with Gasteiger partial charge in [-0.05, 0) is 24.1 Å². The number of halogens is 1. The molecule has 5 heteroatoms. The van der Waals surface area contributed by atoms with Gasteiger partial charge in [-0.15, -0.1) is 0 Å². The molecule has 0 radical (unpaired) electrons. The van der Waals surface area contributed by atoms with Gasteiger partial charge in [0.15, 0.2) is 0 Å². The van der Waals surface area contributed by atoms with Crippen molar-refractivity contribution < 1.29 is 14.0 Å². The van der Waals surface area contributed by atoms with Crippen LogP contribution in [0.1, 0.15) is 22.3 Å². The first kappa shape index (κ1) is 22.2. The Morgan fingerprint density at radius 1 is 0.935 bits per heavy atom. The third-order valence-electron chi connectivity index (χ3n) is 5.25. The molecule has 0 aromatic heterocycles. The zero-order valence-corrected chi connectivity index (χ0v) is 17.8. The van der Waals surface area contributed by atoms with Crippen molar-refractivity contribution >= 4 is 11.8 Å². The number of nitrogens with zero attached hydrogens (tertiary/aromatic N) is 1. The van der Waals surface area contributed by atoms with Gasteiger partial charge >= 0.3 is 0 Å². The van der Waals surface area contributed by atoms with Crippen molar-refractivity contribution in [2.24, 2.45) is 0 Å². The molecule has 0 aliphatic rings. The number of rotatable bonds is 8. The topological polar surface area (TPSA) is 49.4 Å². The van der Waals surface area contributed by atoms with E-state index in [0.29, 0.717) is 12.0 Å². The molecule has 31 heavy (non-hydrogen) atoms. The highest BCUT2D eigenvalue weighted by atomic mass is 19.1. The maximum absolute atomic E-state index is 14.4. The maximum atomic E-state index is 14.4. The lowest BCUT2D eigenvalue weighted by Crippen LogP contribution is -2.50. The van der Waals surface area contributed by atoms with E-state index < -0.39 is 11.9 Å². The molecule has 3 rings (SSSR count). The molecule has 0 fully saturated rings. The number of hydrogen-bond acceptors (Lipinski definition) is 2. The van der Waals surface area contributed by atoms with Gasteiger partial charge in [0.25, 0.3) is 0 Å². The number of nitrogens with one attached hydrogen (secondary N) is 1. The van der Waals surface area contributed by atoms with Crippen LogP contribution >= 0.6 is 0 Å². The summed E-state index contributed by atoms with van der Waals surface area (Å²) in [5.74, 6) is -0.901. The number of benzene rings is 3. The molecule has 160 valence electrons. The van der Waals surface area contributed by atoms with Crippen LogP contribution in [0.15, 0.2) is 78.9 Å². The molecule has 0 heterocycles. The lowest BCUT2D eigenvalue weighted by molar-refractivity contribution is -0.140. The van der Waals surface area contributed by atoms with E-state index in [2.05, 4.69) is 5.32 Å². The standard InChI is InChI=1S/C26H27FN2O2/c1-19-9-8-12-21(15-19)17-25(30)29(18-22-13-6-7-14-23(22)27)24(26(31)28-2)16-20-10-4-3-5-11-20/h3-15,24H,16-18H2,1-2H3,(H,28,31)/t24-/m1/s1. The molecule has 1 atom stereocenters. The largest absolute Gasteiger partial charge is 0.357 e. The van der Waals surface area contributed by atoms with Crippen molar-refractivity contribution in [3.05, 3.63) is 107 Å². The van der Waals surface area contributed by atoms with Crippen LogP contribution in [0.5, 0.6) is 0 Å². The Bertz CT molecular complexity index is 1040. The molecule has 3 aromatic carbocycles. The highest BCUT2D eigenvalue weighted by molar-refractivity contribution is 5.88. The summed E-state index contributed by atoms with van der Waals surface area (Å²) in [5, 5.41) is 2.67. The monoisotopic (exact) mass is 418 g/mol. The minimum Gasteiger partial charge on any atom is -0.357 e. The molecule has 0 aliphatic heterocycles. The first-order valence-corrected chi connectivity index (χ1v) is 10.3. The van der Waals surface area contributed by atoms with E-state index in [-0.39, 0.29) is 24.8 Å². The van der Waals surface area contributed by atoms with Crippen LogP contribution in [0.3, 0.4) is 0 Å². The Morgan fingerprint density at radius 2 is 1.61 bits per heavy atom. The minimum atomic E-state index is -0.760. The van der Waals surface area contributed by atoms with Gasteiger partial charge in [0.05, 0.1) is 6.42 Å². The molecule has 0 saturated carbocycles. The summed E-state index contributed by atoms with van der Waals surface area (Å²) in [6.07, 6.45) is 0.479. The fourth-order valence-electron chi connectivity index (χ4n) is 3.63. The van der Waals surface area contributed by atoms with E-state index in [0.717, 1.165) is 16.7 Å². The van der Waals surface area contributed by atoms with Crippen LogP contribution in [0.4, 0.5) is 4.39 Å². The van der Waals surface area contributed by atoms with Crippen LogP contribution < -0.4 is 5.32 Å². The summed E-state index contributed by atoms with van der Waals surface area (Å²) in [4.78, 5) is 27.8. The SMILES string of the molecule is CNC(=O)[C@@H](Cc1ccccc1)N(Cc1ccccc1F)C(=O)Cc1cccc(C)c1. The van der Waals surface area contributed by atoms with Gasteiger partial charge in [0.2, 0.25) is 11.8 Å². The van der Waals surface area contributed by atoms with E-state index >= 15 is 0 Å². The second kappa shape index (κ2) is 10.5. The Hall–Kier alpha value is -3.47. The minimum absolute atomic E-state index is 0.0161. The van der Waals surface area contributed by atoms with E-state index in [4.69, 9.17) is 0 Å². The van der Waals surface area contributed by atoms with Crippen LogP contribution in [0, 0.1) is 12.7 Å². The Morgan fingerprint density at radius 3 is 2.29 bits per heavy atom. The molecule has 4 nitrogen and oxygen atoms in total. The van der Waals surface area contributed by atoms with Gasteiger partial charge in [-0.1, -0.05) is 78.4 Å². The van der Waals surface area contributed by atoms with Crippen molar-refractivity contribution in [2.45, 2.75) is 32.4 Å². The van der Waals surface area contributed by atoms with E-state index in [1.807, 2.05) is 61.5 Å². The van der Waals surface area contributed by atoms with Crippen molar-refractivity contribution in [2.75, 3.05) is 7.05 Å². The van der Waals surface area contributed by atoms with Gasteiger partial charge in [-0.25, -0.2) is 4.39 Å². The Labute approximate surface area is 182 Å². The quantitative estimate of drug-likeness (QED) is 0.600. The van der Waals surface area contributed by atoms with Gasteiger partial charge in [0.1, 0.15) is 11.9 Å². The smallest absolute Gasteiger partial charge is 0.242 e. The number of amides is 2. The molecule has 1 N–H and O–H groups in total. The fraction of sp³-hybridized carbons (Fsp3) is 0.231. The predicted molar refractivity (Wildman–Crippen MR) is 120 cm³/mol. The van der Waals surface area contributed by atoms with Crippen LogP contribution in [-0.2, 0) is 29.0 Å². The highest BCUT2D eigenvalue weighted by Crippen LogP contribution is 2.18. The molecule has 0 spiro atoms. The summed E-state index contributed by atoms with van der Waals surface area (Å²) < 4.78 is 14.4. The summed E-state index contributed by atoms with van der Waals surface area (Å²) in [5.41, 5.74) is 3.22. The number of carbonyl (C=O) groups is 2. The summed E-state index contributed by atoms with van der Waals surface area (Å²) in [6.45, 7) is 1.98. The second-order valence-electron chi connectivity index (χ2n) is 7.60. The predicted octanol–water partition coefficient (Wildman–Crippen LogP) is 4.06. The van der Waals surface area contributed by atoms with Crippen molar-refractivity contribution in [1.29, 1.82) is 0 Å². The maximum Gasteiger partial charge on any atom is 0.242 e. The van der Waals surface area contributed by atoms with E-state index in [1.165, 1.54) is 11.0 Å². The summed E-state index contributed by atoms with van der Waals surface area (Å²) in [7, 11) is 1.55. The Kier molecular flexibility index (Phi) is 7.55. The van der Waals surface area contributed by atoms with Gasteiger partial charge in [-0.3, -0.25) is 9.59 Å². The van der Waals surface area contributed by atoms with E-state index in [1.54, 1.807) is 25.2 Å². The number of hydrogen-bond donors (Lipinski definition) is 1. The van der Waals surface area contributed by atoms with Crippen LogP contribution in [0.25, 0.3) is 0 Å². The highest BCUT2D eigenvalue weighted by Gasteiger charge is 2.30. The fourth-order valence-corrected chi connectivity index (χ4v) is 3.63. The normalized spacial score (nSPS) is 11.6. The summed E-state index contributed by atoms with van der Waals surface area (Å²) >= 11 is 0. The lowest BCUT2D eigenvalue weighted by Gasteiger charge is -2.31. The zero-order chi connectivity index (χ0) is 22.2. The summed E-state index contributed by atoms with van der Waals surface area (Å²) in [6, 6.07) is 22.8. The third kappa shape index (κ3) is 6.01. The molecule has 0 unspecified atom stereocenters. The number of likely N-dealkylation sites (N-methyl/N-ethyl adjacent to an activating group) is 1. The zero-order valence-electron chi connectivity index (χ0n) is 17.8. The number of carbonyl (C=O) groups excluding carboxylic acids is 2. The molecular formula is C26H27FN2O2. The molecule has 3 aromatic rings. The lowest BCUT2D eigenvalue weighted by atomic mass is 10.0. The van der Waals surface area contributed by atoms with Gasteiger partial charge < -0.3 is 10.2 Å². The van der Waals surface area contributed by atoms with Crippen LogP contribution in [-0.4, -0.2) is 29.8 Å². The van der Waals surface area contributed by atoms with Gasteiger partial charge in [-0.2, -0.15) is 0 Å². The molecule has 2 amide bonds. The van der Waals surface area contributed by atoms with E-state index in [9.17, 15) is 14.0 Å². The van der Waals surface area contributed by atoms with Crippen molar-refractivity contribution in [3.63, 3.8) is 0 Å². The Balaban J connectivity index is 1.95. The average Bonchev–Trinajstić information content (AvgIpc) is 2.77. The third-order valence-corrected chi connectivity index (χ3v) is 5.25. The molecule has 0 bridgehead atoms. The molecular weight excluding hydrogens is 391 g/mol. The first-order chi connectivity index (χ1) is 15.0. The first-order valence-electron chi connectivity index (χ1n) is 10.3. The van der Waals surface area contributed by atoms with Crippen molar-refractivity contribution in [1.82, 2.24) is 10.2 Å². The average molecular weight is 419 g/mol. The second-order valence-corrected chi connectivity index (χ2v) is 7.60. The molecule has 0 aliphatic carbocycles.